The van der Waals surface area contributed by atoms with Crippen LogP contribution >= 0.6 is 24.0 Å². The van der Waals surface area contributed by atoms with Crippen molar-refractivity contribution in [1.29, 1.82) is 0 Å². The fraction of sp³-hybridized carbons (Fsp3) is 0.381. The molecule has 27 heavy (non-hydrogen) atoms. The first kappa shape index (κ1) is 21.6. The number of ether oxygens (including phenoxy) is 1. The smallest absolute Gasteiger partial charge is 0.191 e. The Hall–Kier alpha value is -1.67. The normalized spacial score (nSPS) is 16.2. The predicted octanol–water partition coefficient (Wildman–Crippen LogP) is 4.03. The second kappa shape index (κ2) is 10.0. The maximum atomic E-state index is 13.5. The van der Waals surface area contributed by atoms with Gasteiger partial charge in [-0.1, -0.05) is 42.5 Å². The maximum absolute atomic E-state index is 13.5. The van der Waals surface area contributed by atoms with E-state index in [0.717, 1.165) is 36.5 Å². The van der Waals surface area contributed by atoms with Crippen molar-refractivity contribution in [3.63, 3.8) is 0 Å². The average Bonchev–Trinajstić information content (AvgIpc) is 3.47. The molecule has 1 saturated carbocycles. The molecule has 0 heterocycles. The molecule has 1 aliphatic rings. The Morgan fingerprint density at radius 1 is 1.15 bits per heavy atom. The van der Waals surface area contributed by atoms with Gasteiger partial charge >= 0.3 is 0 Å². The van der Waals surface area contributed by atoms with Crippen LogP contribution in [0.1, 0.15) is 30.1 Å². The third-order valence-corrected chi connectivity index (χ3v) is 5.02. The third kappa shape index (κ3) is 5.65. The maximum Gasteiger partial charge on any atom is 0.191 e. The van der Waals surface area contributed by atoms with Gasteiger partial charge in [-0.2, -0.15) is 0 Å². The molecule has 146 valence electrons. The molecule has 6 heteroatoms. The molecule has 0 radical (unpaired) electrons. The van der Waals surface area contributed by atoms with Crippen molar-refractivity contribution < 1.29 is 9.13 Å². The fourth-order valence-corrected chi connectivity index (χ4v) is 3.20. The molecule has 1 unspecified atom stereocenters. The van der Waals surface area contributed by atoms with E-state index >= 15 is 0 Å². The minimum Gasteiger partial charge on any atom is -0.375 e. The monoisotopic (exact) mass is 483 g/mol. The first-order valence-electron chi connectivity index (χ1n) is 8.95. The van der Waals surface area contributed by atoms with Crippen molar-refractivity contribution in [3.05, 3.63) is 71.5 Å². The molecule has 2 N–H and O–H groups in total. The van der Waals surface area contributed by atoms with Crippen LogP contribution in [-0.4, -0.2) is 33.2 Å². The average molecular weight is 483 g/mol. The number of benzene rings is 2. The lowest BCUT2D eigenvalue weighted by Gasteiger charge is -2.21. The summed E-state index contributed by atoms with van der Waals surface area (Å²) >= 11 is 0. The van der Waals surface area contributed by atoms with Crippen LogP contribution in [-0.2, 0) is 10.2 Å². The summed E-state index contributed by atoms with van der Waals surface area (Å²) in [7, 11) is 3.46. The molecule has 0 aromatic heterocycles. The summed E-state index contributed by atoms with van der Waals surface area (Å²) in [6.45, 7) is 1.35. The van der Waals surface area contributed by atoms with E-state index in [1.165, 1.54) is 6.07 Å². The Morgan fingerprint density at radius 2 is 1.89 bits per heavy atom. The van der Waals surface area contributed by atoms with Gasteiger partial charge in [0.05, 0.1) is 6.10 Å². The van der Waals surface area contributed by atoms with Crippen molar-refractivity contribution in [2.75, 3.05) is 27.2 Å². The summed E-state index contributed by atoms with van der Waals surface area (Å²) in [6.07, 6.45) is 2.07. The SMILES string of the molecule is CN=C(NCC(OC)c1ccccc1)NCC1(c2cccc(F)c2)CC1.I. The van der Waals surface area contributed by atoms with Gasteiger partial charge in [-0.3, -0.25) is 4.99 Å². The molecule has 2 aromatic carbocycles. The van der Waals surface area contributed by atoms with Crippen LogP contribution < -0.4 is 10.6 Å². The van der Waals surface area contributed by atoms with Crippen LogP contribution in [0.4, 0.5) is 4.39 Å². The van der Waals surface area contributed by atoms with Gasteiger partial charge in [-0.15, -0.1) is 24.0 Å². The predicted molar refractivity (Wildman–Crippen MR) is 118 cm³/mol. The van der Waals surface area contributed by atoms with E-state index in [2.05, 4.69) is 27.8 Å². The molecule has 0 saturated heterocycles. The van der Waals surface area contributed by atoms with Crippen LogP contribution in [0.15, 0.2) is 59.6 Å². The molecule has 4 nitrogen and oxygen atoms in total. The topological polar surface area (TPSA) is 45.7 Å². The summed E-state index contributed by atoms with van der Waals surface area (Å²) in [5.74, 6) is 0.549. The van der Waals surface area contributed by atoms with Crippen LogP contribution in [0, 0.1) is 5.82 Å². The van der Waals surface area contributed by atoms with E-state index in [4.69, 9.17) is 4.74 Å². The number of nitrogens with zero attached hydrogens (tertiary/aromatic N) is 1. The quantitative estimate of drug-likeness (QED) is 0.355. The number of rotatable bonds is 7. The first-order chi connectivity index (χ1) is 12.7. The second-order valence-corrected chi connectivity index (χ2v) is 6.73. The lowest BCUT2D eigenvalue weighted by Crippen LogP contribution is -2.42. The zero-order valence-electron chi connectivity index (χ0n) is 15.7. The number of methoxy groups -OCH3 is 1. The highest BCUT2D eigenvalue weighted by atomic mass is 127. The number of guanidine groups is 1. The van der Waals surface area contributed by atoms with Crippen molar-refractivity contribution in [2.24, 2.45) is 4.99 Å². The van der Waals surface area contributed by atoms with Gasteiger partial charge < -0.3 is 15.4 Å². The van der Waals surface area contributed by atoms with E-state index in [0.29, 0.717) is 6.54 Å². The Bertz CT molecular complexity index is 750. The largest absolute Gasteiger partial charge is 0.375 e. The van der Waals surface area contributed by atoms with Gasteiger partial charge in [0.2, 0.25) is 0 Å². The van der Waals surface area contributed by atoms with E-state index < -0.39 is 0 Å². The van der Waals surface area contributed by atoms with Crippen LogP contribution in [0.3, 0.4) is 0 Å². The molecule has 0 spiro atoms. The van der Waals surface area contributed by atoms with Gasteiger partial charge in [0.25, 0.3) is 0 Å². The highest BCUT2D eigenvalue weighted by molar-refractivity contribution is 14.0. The fourth-order valence-electron chi connectivity index (χ4n) is 3.20. The van der Waals surface area contributed by atoms with Gasteiger partial charge in [0.1, 0.15) is 5.82 Å². The summed E-state index contributed by atoms with van der Waals surface area (Å²) in [6, 6.07) is 17.0. The molecule has 0 bridgehead atoms. The van der Waals surface area contributed by atoms with Crippen molar-refractivity contribution >= 4 is 29.9 Å². The minimum absolute atomic E-state index is 0. The second-order valence-electron chi connectivity index (χ2n) is 6.73. The zero-order valence-corrected chi connectivity index (χ0v) is 18.1. The van der Waals surface area contributed by atoms with E-state index in [1.54, 1.807) is 26.3 Å². The third-order valence-electron chi connectivity index (χ3n) is 5.02. The minimum atomic E-state index is -0.179. The zero-order chi connectivity index (χ0) is 18.4. The highest BCUT2D eigenvalue weighted by Gasteiger charge is 2.44. The first-order valence-corrected chi connectivity index (χ1v) is 8.95. The molecular formula is C21H27FIN3O. The molecule has 1 atom stereocenters. The molecular weight excluding hydrogens is 456 g/mol. The summed E-state index contributed by atoms with van der Waals surface area (Å²) in [5, 5.41) is 6.70. The lowest BCUT2D eigenvalue weighted by molar-refractivity contribution is 0.106. The Balaban J connectivity index is 0.00000261. The summed E-state index contributed by atoms with van der Waals surface area (Å²) in [5.41, 5.74) is 2.19. The van der Waals surface area contributed by atoms with Gasteiger partial charge in [-0.05, 0) is 36.1 Å². The van der Waals surface area contributed by atoms with Crippen LogP contribution in [0.5, 0.6) is 0 Å². The van der Waals surface area contributed by atoms with Gasteiger partial charge in [-0.25, -0.2) is 4.39 Å². The van der Waals surface area contributed by atoms with E-state index in [9.17, 15) is 4.39 Å². The molecule has 2 aromatic rings. The molecule has 1 fully saturated rings. The molecule has 1 aliphatic carbocycles. The molecule has 0 amide bonds. The van der Waals surface area contributed by atoms with Crippen LogP contribution in [0.25, 0.3) is 0 Å². The van der Waals surface area contributed by atoms with E-state index in [-0.39, 0.29) is 41.3 Å². The summed E-state index contributed by atoms with van der Waals surface area (Å²) < 4.78 is 19.1. The van der Waals surface area contributed by atoms with E-state index in [1.807, 2.05) is 24.3 Å². The number of aliphatic imine (C=N–C) groups is 1. The standard InChI is InChI=1S/C21H26FN3O.HI/c1-23-20(24-14-19(26-2)16-7-4-3-5-8-16)25-15-21(11-12-21)17-9-6-10-18(22)13-17;/h3-10,13,19H,11-12,14-15H2,1-2H3,(H2,23,24,25);1H. The Kier molecular flexibility index (Phi) is 8.04. The summed E-state index contributed by atoms with van der Waals surface area (Å²) in [4.78, 5) is 4.29. The Labute approximate surface area is 177 Å². The number of hydrogen-bond acceptors (Lipinski definition) is 2. The van der Waals surface area contributed by atoms with Crippen molar-refractivity contribution in [3.8, 4) is 0 Å². The number of halogens is 2. The molecule has 0 aliphatic heterocycles. The van der Waals surface area contributed by atoms with Crippen molar-refractivity contribution in [2.45, 2.75) is 24.4 Å². The lowest BCUT2D eigenvalue weighted by atomic mass is 9.96. The molecule has 3 rings (SSSR count). The Morgan fingerprint density at radius 3 is 2.48 bits per heavy atom. The number of nitrogens with one attached hydrogen (secondary N) is 2. The van der Waals surface area contributed by atoms with Gasteiger partial charge in [0, 0.05) is 32.7 Å². The highest BCUT2D eigenvalue weighted by Crippen LogP contribution is 2.47. The van der Waals surface area contributed by atoms with Gasteiger partial charge in [0.15, 0.2) is 5.96 Å². The van der Waals surface area contributed by atoms with Crippen molar-refractivity contribution in [1.82, 2.24) is 10.6 Å². The van der Waals surface area contributed by atoms with Crippen LogP contribution in [0.2, 0.25) is 0 Å². The number of hydrogen-bond donors (Lipinski definition) is 2.